The quantitative estimate of drug-likeness (QED) is 0.582. The third-order valence-electron chi connectivity index (χ3n) is 10.0. The number of hydrogen-bond donors (Lipinski definition) is 0. The van der Waals surface area contributed by atoms with Crippen molar-refractivity contribution >= 4 is 12.6 Å². The van der Waals surface area contributed by atoms with Gasteiger partial charge < -0.3 is 9.31 Å². The van der Waals surface area contributed by atoms with Gasteiger partial charge in [0.05, 0.1) is 11.2 Å². The van der Waals surface area contributed by atoms with Crippen LogP contribution in [0.5, 0.6) is 0 Å². The largest absolute Gasteiger partial charge is 0.494 e. The minimum Gasteiger partial charge on any atom is -0.399 e. The van der Waals surface area contributed by atoms with Crippen molar-refractivity contribution in [3.8, 4) is 11.1 Å². The third kappa shape index (κ3) is 2.48. The molecule has 0 amide bonds. The highest BCUT2D eigenvalue weighted by Crippen LogP contribution is 2.66. The number of hydrogen-bond acceptors (Lipinski definition) is 2. The fourth-order valence-corrected chi connectivity index (χ4v) is 8.11. The summed E-state index contributed by atoms with van der Waals surface area (Å²) in [5.74, 6) is 5.25. The van der Waals surface area contributed by atoms with E-state index in [0.29, 0.717) is 5.92 Å². The Morgan fingerprint density at radius 1 is 0.774 bits per heavy atom. The Morgan fingerprint density at radius 3 is 2.26 bits per heavy atom. The van der Waals surface area contributed by atoms with Crippen LogP contribution in [-0.2, 0) is 9.31 Å². The fraction of sp³-hybridized carbons (Fsp3) is 0.571. The summed E-state index contributed by atoms with van der Waals surface area (Å²) in [6, 6.07) is 16.2. The van der Waals surface area contributed by atoms with Gasteiger partial charge in [0.2, 0.25) is 0 Å². The van der Waals surface area contributed by atoms with E-state index in [1.165, 1.54) is 47.8 Å². The zero-order valence-corrected chi connectivity index (χ0v) is 19.2. The molecule has 2 aromatic carbocycles. The van der Waals surface area contributed by atoms with Crippen molar-refractivity contribution in [1.29, 1.82) is 0 Å². The van der Waals surface area contributed by atoms with Gasteiger partial charge in [-0.25, -0.2) is 0 Å². The van der Waals surface area contributed by atoms with E-state index < -0.39 is 0 Å². The van der Waals surface area contributed by atoms with Crippen molar-refractivity contribution in [2.24, 2.45) is 29.6 Å². The van der Waals surface area contributed by atoms with Gasteiger partial charge in [-0.1, -0.05) is 42.5 Å². The molecule has 160 valence electrons. The molecule has 2 aromatic rings. The highest BCUT2D eigenvalue weighted by atomic mass is 16.7. The summed E-state index contributed by atoms with van der Waals surface area (Å²) < 4.78 is 12.8. The summed E-state index contributed by atoms with van der Waals surface area (Å²) in [5.41, 5.74) is 6.59. The molecule has 1 saturated heterocycles. The Hall–Kier alpha value is -1.58. The van der Waals surface area contributed by atoms with Crippen LogP contribution in [0.2, 0.25) is 0 Å². The molecule has 6 unspecified atom stereocenters. The third-order valence-corrected chi connectivity index (χ3v) is 10.0. The fourth-order valence-electron chi connectivity index (χ4n) is 8.11. The molecule has 3 heteroatoms. The molecule has 0 aromatic heterocycles. The Morgan fingerprint density at radius 2 is 1.48 bits per heavy atom. The molecule has 0 radical (unpaired) electrons. The minimum absolute atomic E-state index is 0.282. The first-order valence-corrected chi connectivity index (χ1v) is 12.4. The molecule has 5 aliphatic carbocycles. The smallest absolute Gasteiger partial charge is 0.399 e. The van der Waals surface area contributed by atoms with Crippen molar-refractivity contribution in [2.75, 3.05) is 0 Å². The highest BCUT2D eigenvalue weighted by molar-refractivity contribution is 6.62. The lowest BCUT2D eigenvalue weighted by molar-refractivity contribution is 0.00578. The maximum absolute atomic E-state index is 6.42. The summed E-state index contributed by atoms with van der Waals surface area (Å²) >= 11 is 0. The van der Waals surface area contributed by atoms with E-state index in [4.69, 9.17) is 9.31 Å². The molecule has 2 nitrogen and oxygen atoms in total. The first-order chi connectivity index (χ1) is 14.8. The van der Waals surface area contributed by atoms with Gasteiger partial charge in [0.1, 0.15) is 0 Å². The van der Waals surface area contributed by atoms with Crippen LogP contribution in [0.4, 0.5) is 0 Å². The predicted molar refractivity (Wildman–Crippen MR) is 125 cm³/mol. The maximum atomic E-state index is 6.42. The van der Waals surface area contributed by atoms with E-state index in [-0.39, 0.29) is 18.3 Å². The first-order valence-electron chi connectivity index (χ1n) is 12.4. The van der Waals surface area contributed by atoms with E-state index in [2.05, 4.69) is 70.2 Å². The SMILES string of the molecule is CC1(C)OB(c2ccc3c(c2)C(C2C4CC5CC(C4)C2C5)c2ccccc2-3)OC1(C)C. The van der Waals surface area contributed by atoms with Crippen molar-refractivity contribution in [3.63, 3.8) is 0 Å². The predicted octanol–water partition coefficient (Wildman–Crippen LogP) is 5.78. The van der Waals surface area contributed by atoms with Crippen LogP contribution in [0.3, 0.4) is 0 Å². The number of fused-ring (bicyclic) bond motifs is 3. The molecule has 4 bridgehead atoms. The number of rotatable bonds is 2. The Labute approximate surface area is 186 Å². The van der Waals surface area contributed by atoms with E-state index in [1.54, 1.807) is 5.56 Å². The van der Waals surface area contributed by atoms with Crippen LogP contribution in [0.25, 0.3) is 11.1 Å². The van der Waals surface area contributed by atoms with Crippen LogP contribution in [0.1, 0.15) is 70.4 Å². The summed E-state index contributed by atoms with van der Waals surface area (Å²) in [7, 11) is -0.282. The summed E-state index contributed by atoms with van der Waals surface area (Å²) in [6.45, 7) is 8.57. The van der Waals surface area contributed by atoms with Gasteiger partial charge in [-0.05, 0) is 111 Å². The second-order valence-electron chi connectivity index (χ2n) is 12.1. The highest BCUT2D eigenvalue weighted by Gasteiger charge is 2.57. The average molecular weight is 412 g/mol. The Balaban J connectivity index is 1.33. The van der Waals surface area contributed by atoms with Crippen LogP contribution in [0.15, 0.2) is 42.5 Å². The van der Waals surface area contributed by atoms with Gasteiger partial charge in [0, 0.05) is 5.92 Å². The zero-order chi connectivity index (χ0) is 21.1. The van der Waals surface area contributed by atoms with Gasteiger partial charge in [0.15, 0.2) is 0 Å². The molecule has 1 aliphatic heterocycles. The molecule has 4 saturated carbocycles. The lowest BCUT2D eigenvalue weighted by Gasteiger charge is -2.37. The summed E-state index contributed by atoms with van der Waals surface area (Å²) in [6.07, 6.45) is 5.95. The van der Waals surface area contributed by atoms with E-state index >= 15 is 0 Å². The molecule has 8 rings (SSSR count). The Kier molecular flexibility index (Phi) is 3.70. The molecule has 6 aliphatic rings. The lowest BCUT2D eigenvalue weighted by Crippen LogP contribution is -2.41. The lowest BCUT2D eigenvalue weighted by atomic mass is 9.67. The summed E-state index contributed by atoms with van der Waals surface area (Å²) in [5, 5.41) is 0. The topological polar surface area (TPSA) is 18.5 Å². The Bertz CT molecular complexity index is 1050. The molecular weight excluding hydrogens is 379 g/mol. The van der Waals surface area contributed by atoms with E-state index in [9.17, 15) is 0 Å². The first kappa shape index (κ1) is 18.9. The normalized spacial score (nSPS) is 38.0. The van der Waals surface area contributed by atoms with Crippen LogP contribution >= 0.6 is 0 Å². The molecule has 0 spiro atoms. The molecule has 0 N–H and O–H groups in total. The maximum Gasteiger partial charge on any atom is 0.494 e. The van der Waals surface area contributed by atoms with E-state index in [0.717, 1.165) is 29.6 Å². The standard InChI is InChI=1S/C28H33BO2/c1-27(2)28(3,4)31-29(30-27)19-9-10-21-20-7-5-6-8-22(20)26(24(21)15-19)25-18-12-16-11-17(14-18)23(25)13-16/h5-10,15-18,23,25-26H,11-14H2,1-4H3. The van der Waals surface area contributed by atoms with Gasteiger partial charge in [-0.15, -0.1) is 0 Å². The van der Waals surface area contributed by atoms with Crippen LogP contribution in [0, 0.1) is 29.6 Å². The molecule has 31 heavy (non-hydrogen) atoms. The van der Waals surface area contributed by atoms with Gasteiger partial charge in [-0.2, -0.15) is 0 Å². The van der Waals surface area contributed by atoms with Crippen LogP contribution < -0.4 is 5.46 Å². The van der Waals surface area contributed by atoms with Crippen molar-refractivity contribution < 1.29 is 9.31 Å². The van der Waals surface area contributed by atoms with Crippen LogP contribution in [-0.4, -0.2) is 18.3 Å². The minimum atomic E-state index is -0.303. The molecule has 6 atom stereocenters. The summed E-state index contributed by atoms with van der Waals surface area (Å²) in [4.78, 5) is 0. The van der Waals surface area contributed by atoms with Gasteiger partial charge in [-0.3, -0.25) is 0 Å². The van der Waals surface area contributed by atoms with Crippen molar-refractivity contribution in [1.82, 2.24) is 0 Å². The molecule has 5 fully saturated rings. The number of benzene rings is 2. The van der Waals surface area contributed by atoms with E-state index in [1.807, 2.05) is 0 Å². The van der Waals surface area contributed by atoms with Crippen molar-refractivity contribution in [3.05, 3.63) is 53.6 Å². The van der Waals surface area contributed by atoms with Gasteiger partial charge >= 0.3 is 7.12 Å². The zero-order valence-electron chi connectivity index (χ0n) is 19.2. The van der Waals surface area contributed by atoms with Crippen molar-refractivity contribution in [2.45, 2.75) is 70.5 Å². The monoisotopic (exact) mass is 412 g/mol. The second kappa shape index (κ2) is 6.05. The molecule has 1 heterocycles. The average Bonchev–Trinajstić information content (AvgIpc) is 3.35. The van der Waals surface area contributed by atoms with Gasteiger partial charge in [0.25, 0.3) is 0 Å². The second-order valence-corrected chi connectivity index (χ2v) is 12.1. The molecular formula is C28H33BO2.